The fourth-order valence-corrected chi connectivity index (χ4v) is 4.03. The van der Waals surface area contributed by atoms with Gasteiger partial charge >= 0.3 is 5.97 Å². The van der Waals surface area contributed by atoms with E-state index in [9.17, 15) is 9.90 Å². The average Bonchev–Trinajstić information content (AvgIpc) is 3.06. The average molecular weight is 354 g/mol. The minimum absolute atomic E-state index is 0.179. The minimum Gasteiger partial charge on any atom is -0.493 e. The van der Waals surface area contributed by atoms with Crippen LogP contribution in [0.25, 0.3) is 0 Å². The second kappa shape index (κ2) is 6.36. The van der Waals surface area contributed by atoms with Gasteiger partial charge in [0.05, 0.1) is 12.5 Å². The summed E-state index contributed by atoms with van der Waals surface area (Å²) in [5.74, 6) is 0.434. The third kappa shape index (κ3) is 3.24. The molecule has 1 aliphatic heterocycles. The van der Waals surface area contributed by atoms with Crippen LogP contribution in [-0.4, -0.2) is 24.2 Å². The molecule has 1 aromatic rings. The molecule has 1 fully saturated rings. The van der Waals surface area contributed by atoms with Crippen LogP contribution in [0.1, 0.15) is 30.4 Å². The topological polar surface area (TPSA) is 58.6 Å². The van der Waals surface area contributed by atoms with Gasteiger partial charge in [0.1, 0.15) is 5.75 Å². The molecule has 114 valence electrons. The predicted octanol–water partition coefficient (Wildman–Crippen LogP) is 2.97. The molecule has 3 rings (SSSR count). The molecule has 1 aromatic carbocycles. The molecular formula is C16H20BrNO3. The van der Waals surface area contributed by atoms with E-state index in [1.807, 2.05) is 0 Å². The molecule has 0 aromatic heterocycles. The number of aliphatic carboxylic acids is 1. The molecule has 0 bridgehead atoms. The van der Waals surface area contributed by atoms with E-state index in [1.165, 1.54) is 5.56 Å². The van der Waals surface area contributed by atoms with Crippen LogP contribution >= 0.6 is 15.9 Å². The summed E-state index contributed by atoms with van der Waals surface area (Å²) in [5, 5.41) is 12.6. The van der Waals surface area contributed by atoms with E-state index >= 15 is 0 Å². The lowest BCUT2D eigenvalue weighted by atomic mass is 9.96. The fourth-order valence-electron chi connectivity index (χ4n) is 3.48. The molecule has 0 amide bonds. The second-order valence-electron chi connectivity index (χ2n) is 5.92. The SMILES string of the molecule is O=C(O)C1CCCC1CNCc1cc(Br)cc2c1OCC2. The van der Waals surface area contributed by atoms with Crippen LogP contribution in [0.4, 0.5) is 0 Å². The summed E-state index contributed by atoms with van der Waals surface area (Å²) < 4.78 is 6.79. The van der Waals surface area contributed by atoms with Gasteiger partial charge in [0.2, 0.25) is 0 Å². The largest absolute Gasteiger partial charge is 0.493 e. The highest BCUT2D eigenvalue weighted by molar-refractivity contribution is 9.10. The maximum absolute atomic E-state index is 11.2. The Labute approximate surface area is 133 Å². The van der Waals surface area contributed by atoms with Crippen LogP contribution < -0.4 is 10.1 Å². The van der Waals surface area contributed by atoms with Gasteiger partial charge in [-0.2, -0.15) is 0 Å². The van der Waals surface area contributed by atoms with Crippen LogP contribution in [0.3, 0.4) is 0 Å². The zero-order chi connectivity index (χ0) is 14.8. The first-order valence-corrected chi connectivity index (χ1v) is 8.32. The zero-order valence-electron chi connectivity index (χ0n) is 11.9. The summed E-state index contributed by atoms with van der Waals surface area (Å²) in [6, 6.07) is 4.20. The van der Waals surface area contributed by atoms with Crippen molar-refractivity contribution in [3.63, 3.8) is 0 Å². The number of ether oxygens (including phenoxy) is 1. The molecule has 2 aliphatic rings. The molecule has 1 saturated carbocycles. The number of nitrogens with one attached hydrogen (secondary N) is 1. The van der Waals surface area contributed by atoms with Crippen LogP contribution in [0, 0.1) is 11.8 Å². The smallest absolute Gasteiger partial charge is 0.306 e. The normalized spacial score (nSPS) is 23.9. The Kier molecular flexibility index (Phi) is 4.50. The fraction of sp³-hybridized carbons (Fsp3) is 0.562. The third-order valence-electron chi connectivity index (χ3n) is 4.52. The summed E-state index contributed by atoms with van der Waals surface area (Å²) in [6.07, 6.45) is 3.82. The summed E-state index contributed by atoms with van der Waals surface area (Å²) in [6.45, 7) is 2.24. The van der Waals surface area contributed by atoms with Crippen LogP contribution in [0.2, 0.25) is 0 Å². The molecule has 0 spiro atoms. The summed E-state index contributed by atoms with van der Waals surface area (Å²) in [4.78, 5) is 11.2. The van der Waals surface area contributed by atoms with Crippen molar-refractivity contribution in [2.24, 2.45) is 11.8 Å². The highest BCUT2D eigenvalue weighted by Gasteiger charge is 2.32. The van der Waals surface area contributed by atoms with E-state index in [0.29, 0.717) is 0 Å². The van der Waals surface area contributed by atoms with E-state index in [2.05, 4.69) is 33.4 Å². The molecule has 4 nitrogen and oxygen atoms in total. The van der Waals surface area contributed by atoms with Crippen molar-refractivity contribution in [1.29, 1.82) is 0 Å². The van der Waals surface area contributed by atoms with Gasteiger partial charge in [-0.15, -0.1) is 0 Å². The van der Waals surface area contributed by atoms with E-state index in [0.717, 1.165) is 61.2 Å². The number of rotatable bonds is 5. The van der Waals surface area contributed by atoms with Gasteiger partial charge in [0.15, 0.2) is 0 Å². The first kappa shape index (κ1) is 14.9. The van der Waals surface area contributed by atoms with Crippen molar-refractivity contribution < 1.29 is 14.6 Å². The molecule has 0 saturated heterocycles. The number of benzene rings is 1. The van der Waals surface area contributed by atoms with E-state index in [4.69, 9.17) is 4.74 Å². The second-order valence-corrected chi connectivity index (χ2v) is 6.83. The maximum Gasteiger partial charge on any atom is 0.306 e. The number of carboxylic acid groups (broad SMARTS) is 1. The molecule has 1 aliphatic carbocycles. The van der Waals surface area contributed by atoms with E-state index in [-0.39, 0.29) is 11.8 Å². The lowest BCUT2D eigenvalue weighted by Crippen LogP contribution is -2.28. The number of hydrogen-bond acceptors (Lipinski definition) is 3. The molecular weight excluding hydrogens is 334 g/mol. The number of carbonyl (C=O) groups is 1. The molecule has 5 heteroatoms. The van der Waals surface area contributed by atoms with E-state index < -0.39 is 5.97 Å². The van der Waals surface area contributed by atoms with E-state index in [1.54, 1.807) is 0 Å². The number of halogens is 1. The summed E-state index contributed by atoms with van der Waals surface area (Å²) in [7, 11) is 0. The molecule has 2 unspecified atom stereocenters. The van der Waals surface area contributed by atoms with Crippen LogP contribution in [0.5, 0.6) is 5.75 Å². The van der Waals surface area contributed by atoms with Crippen molar-refractivity contribution in [3.8, 4) is 5.75 Å². The Morgan fingerprint density at radius 2 is 2.29 bits per heavy atom. The predicted molar refractivity (Wildman–Crippen MR) is 83.5 cm³/mol. The van der Waals surface area contributed by atoms with Crippen molar-refractivity contribution in [2.45, 2.75) is 32.2 Å². The van der Waals surface area contributed by atoms with Gasteiger partial charge in [-0.25, -0.2) is 0 Å². The lowest BCUT2D eigenvalue weighted by Gasteiger charge is -2.17. The molecule has 1 heterocycles. The van der Waals surface area contributed by atoms with Crippen molar-refractivity contribution in [3.05, 3.63) is 27.7 Å². The van der Waals surface area contributed by atoms with Crippen molar-refractivity contribution in [1.82, 2.24) is 5.32 Å². The maximum atomic E-state index is 11.2. The Morgan fingerprint density at radius 3 is 3.10 bits per heavy atom. The third-order valence-corrected chi connectivity index (χ3v) is 4.98. The Hall–Kier alpha value is -1.07. The minimum atomic E-state index is -0.647. The number of hydrogen-bond donors (Lipinski definition) is 2. The standard InChI is InChI=1S/C16H20BrNO3/c17-13-6-10-4-5-21-15(10)12(7-13)9-18-8-11-2-1-3-14(11)16(19)20/h6-7,11,14,18H,1-5,8-9H2,(H,19,20). The van der Waals surface area contributed by atoms with Gasteiger partial charge in [-0.1, -0.05) is 22.4 Å². The van der Waals surface area contributed by atoms with Gasteiger partial charge < -0.3 is 15.2 Å². The highest BCUT2D eigenvalue weighted by Crippen LogP contribution is 2.34. The molecule has 2 N–H and O–H groups in total. The van der Waals surface area contributed by atoms with Gasteiger partial charge in [-0.3, -0.25) is 4.79 Å². The number of fused-ring (bicyclic) bond motifs is 1. The van der Waals surface area contributed by atoms with Gasteiger partial charge in [0.25, 0.3) is 0 Å². The molecule has 21 heavy (non-hydrogen) atoms. The summed E-state index contributed by atoms with van der Waals surface area (Å²) in [5.41, 5.74) is 2.41. The monoisotopic (exact) mass is 353 g/mol. The van der Waals surface area contributed by atoms with Crippen LogP contribution in [0.15, 0.2) is 16.6 Å². The quantitative estimate of drug-likeness (QED) is 0.854. The van der Waals surface area contributed by atoms with Gasteiger partial charge in [-0.05, 0) is 43.0 Å². The zero-order valence-corrected chi connectivity index (χ0v) is 13.5. The first-order chi connectivity index (χ1) is 10.1. The Bertz CT molecular complexity index is 547. The highest BCUT2D eigenvalue weighted by atomic mass is 79.9. The van der Waals surface area contributed by atoms with Crippen molar-refractivity contribution in [2.75, 3.05) is 13.2 Å². The lowest BCUT2D eigenvalue weighted by molar-refractivity contribution is -0.142. The van der Waals surface area contributed by atoms with Crippen LogP contribution in [-0.2, 0) is 17.8 Å². The number of carboxylic acids is 1. The molecule has 2 atom stereocenters. The molecule has 0 radical (unpaired) electrons. The Balaban J connectivity index is 1.60. The Morgan fingerprint density at radius 1 is 1.43 bits per heavy atom. The van der Waals surface area contributed by atoms with Gasteiger partial charge in [0, 0.05) is 23.0 Å². The van der Waals surface area contributed by atoms with Crippen molar-refractivity contribution >= 4 is 21.9 Å². The summed E-state index contributed by atoms with van der Waals surface area (Å²) >= 11 is 3.54. The first-order valence-electron chi connectivity index (χ1n) is 7.53.